The number of pyridine rings is 1. The van der Waals surface area contributed by atoms with Gasteiger partial charge >= 0.3 is 0 Å². The molecule has 5 heteroatoms. The molecule has 1 fully saturated rings. The molecule has 1 saturated heterocycles. The summed E-state index contributed by atoms with van der Waals surface area (Å²) in [6, 6.07) is 6.11. The minimum Gasteiger partial charge on any atom is -0.354 e. The highest BCUT2D eigenvalue weighted by atomic mass is 15.3. The summed E-state index contributed by atoms with van der Waals surface area (Å²) in [5, 5.41) is 0. The van der Waals surface area contributed by atoms with Crippen LogP contribution in [0.25, 0.3) is 0 Å². The van der Waals surface area contributed by atoms with Crippen LogP contribution in [0.4, 0.5) is 11.8 Å². The van der Waals surface area contributed by atoms with Crippen molar-refractivity contribution >= 4 is 11.8 Å². The summed E-state index contributed by atoms with van der Waals surface area (Å²) in [7, 11) is 2.06. The molecule has 0 N–H and O–H groups in total. The van der Waals surface area contributed by atoms with E-state index < -0.39 is 0 Å². The second-order valence-corrected chi connectivity index (χ2v) is 5.98. The van der Waals surface area contributed by atoms with Crippen molar-refractivity contribution in [3.8, 4) is 0 Å². The lowest BCUT2D eigenvalue weighted by molar-refractivity contribution is 0.830. The van der Waals surface area contributed by atoms with Crippen LogP contribution < -0.4 is 9.80 Å². The fourth-order valence-corrected chi connectivity index (χ4v) is 2.78. The van der Waals surface area contributed by atoms with E-state index in [-0.39, 0.29) is 0 Å². The van der Waals surface area contributed by atoms with E-state index in [4.69, 9.17) is 4.98 Å². The van der Waals surface area contributed by atoms with E-state index in [1.807, 2.05) is 25.3 Å². The van der Waals surface area contributed by atoms with Gasteiger partial charge in [-0.25, -0.2) is 4.98 Å². The molecule has 0 aromatic carbocycles. The Hall–Kier alpha value is -2.17. The van der Waals surface area contributed by atoms with Gasteiger partial charge in [-0.15, -0.1) is 0 Å². The Morgan fingerprint density at radius 1 is 1.18 bits per heavy atom. The number of hydrogen-bond donors (Lipinski definition) is 0. The molecule has 0 saturated carbocycles. The highest BCUT2D eigenvalue weighted by Gasteiger charge is 2.17. The molecule has 5 nitrogen and oxygen atoms in total. The Morgan fingerprint density at radius 3 is 2.68 bits per heavy atom. The number of aromatic nitrogens is 3. The first-order valence-corrected chi connectivity index (χ1v) is 7.86. The van der Waals surface area contributed by atoms with Crippen LogP contribution in [0.5, 0.6) is 0 Å². The highest BCUT2D eigenvalue weighted by molar-refractivity contribution is 5.46. The molecule has 0 spiro atoms. The molecule has 0 amide bonds. The molecular weight excluding hydrogens is 274 g/mol. The lowest BCUT2D eigenvalue weighted by Gasteiger charge is -2.22. The summed E-state index contributed by atoms with van der Waals surface area (Å²) < 4.78 is 0. The van der Waals surface area contributed by atoms with Crippen LogP contribution in [0, 0.1) is 13.8 Å². The zero-order valence-corrected chi connectivity index (χ0v) is 13.6. The third-order valence-corrected chi connectivity index (χ3v) is 4.11. The van der Waals surface area contributed by atoms with Crippen LogP contribution in [0.3, 0.4) is 0 Å². The molecule has 116 valence electrons. The van der Waals surface area contributed by atoms with Crippen molar-refractivity contribution < 1.29 is 0 Å². The van der Waals surface area contributed by atoms with Crippen LogP contribution in [-0.2, 0) is 6.54 Å². The second kappa shape index (κ2) is 6.30. The van der Waals surface area contributed by atoms with Crippen LogP contribution in [0.2, 0.25) is 0 Å². The van der Waals surface area contributed by atoms with Gasteiger partial charge in [0, 0.05) is 38.1 Å². The maximum atomic E-state index is 4.75. The maximum Gasteiger partial charge on any atom is 0.227 e. The van der Waals surface area contributed by atoms with Crippen molar-refractivity contribution in [3.05, 3.63) is 41.3 Å². The van der Waals surface area contributed by atoms with Crippen molar-refractivity contribution in [1.29, 1.82) is 0 Å². The summed E-state index contributed by atoms with van der Waals surface area (Å²) in [6.45, 7) is 7.00. The Bertz CT molecular complexity index is 649. The largest absolute Gasteiger partial charge is 0.354 e. The maximum absolute atomic E-state index is 4.75. The van der Waals surface area contributed by atoms with Gasteiger partial charge in [-0.3, -0.25) is 4.98 Å². The fourth-order valence-electron chi connectivity index (χ4n) is 2.78. The third-order valence-electron chi connectivity index (χ3n) is 4.11. The van der Waals surface area contributed by atoms with Crippen LogP contribution in [0.1, 0.15) is 29.8 Å². The molecule has 0 unspecified atom stereocenters. The van der Waals surface area contributed by atoms with Crippen LogP contribution in [-0.4, -0.2) is 35.1 Å². The van der Waals surface area contributed by atoms with E-state index in [1.54, 1.807) is 0 Å². The van der Waals surface area contributed by atoms with E-state index in [0.29, 0.717) is 0 Å². The van der Waals surface area contributed by atoms with E-state index in [2.05, 4.69) is 39.8 Å². The molecular formula is C17H23N5. The van der Waals surface area contributed by atoms with Gasteiger partial charge in [0.25, 0.3) is 0 Å². The smallest absolute Gasteiger partial charge is 0.227 e. The van der Waals surface area contributed by atoms with Crippen molar-refractivity contribution in [2.45, 2.75) is 33.2 Å². The van der Waals surface area contributed by atoms with Gasteiger partial charge in [0.2, 0.25) is 5.95 Å². The van der Waals surface area contributed by atoms with Crippen molar-refractivity contribution in [2.24, 2.45) is 0 Å². The Kier molecular flexibility index (Phi) is 4.22. The standard InChI is InChI=1S/C17H23N5/c1-13-7-6-8-18-15(13)12-21(3)16-11-14(2)19-17(20-16)22-9-4-5-10-22/h6-8,11H,4-5,9-10,12H2,1-3H3. The number of aryl methyl sites for hydroxylation is 2. The van der Waals surface area contributed by atoms with E-state index >= 15 is 0 Å². The zero-order chi connectivity index (χ0) is 15.5. The summed E-state index contributed by atoms with van der Waals surface area (Å²) in [5.74, 6) is 1.82. The summed E-state index contributed by atoms with van der Waals surface area (Å²) in [6.07, 6.45) is 4.31. The minimum atomic E-state index is 0.753. The average Bonchev–Trinajstić information content (AvgIpc) is 3.03. The monoisotopic (exact) mass is 297 g/mol. The minimum absolute atomic E-state index is 0.753. The van der Waals surface area contributed by atoms with Crippen LogP contribution >= 0.6 is 0 Å². The normalized spacial score (nSPS) is 14.4. The SMILES string of the molecule is Cc1cc(N(C)Cc2ncccc2C)nc(N2CCCC2)n1. The first-order chi connectivity index (χ1) is 10.6. The number of nitrogens with zero attached hydrogens (tertiary/aromatic N) is 5. The van der Waals surface area contributed by atoms with Gasteiger partial charge in [0.15, 0.2) is 0 Å². The molecule has 0 bridgehead atoms. The van der Waals surface area contributed by atoms with Gasteiger partial charge in [-0.05, 0) is 38.3 Å². The molecule has 1 aliphatic rings. The van der Waals surface area contributed by atoms with Crippen molar-refractivity contribution in [1.82, 2.24) is 15.0 Å². The second-order valence-electron chi connectivity index (χ2n) is 5.98. The van der Waals surface area contributed by atoms with Gasteiger partial charge in [-0.1, -0.05) is 6.07 Å². The Labute approximate surface area is 132 Å². The summed E-state index contributed by atoms with van der Waals surface area (Å²) in [4.78, 5) is 18.2. The number of hydrogen-bond acceptors (Lipinski definition) is 5. The molecule has 0 aliphatic carbocycles. The molecule has 3 rings (SSSR count). The molecule has 0 radical (unpaired) electrons. The molecule has 22 heavy (non-hydrogen) atoms. The van der Waals surface area contributed by atoms with Crippen LogP contribution in [0.15, 0.2) is 24.4 Å². The fraction of sp³-hybridized carbons (Fsp3) is 0.471. The highest BCUT2D eigenvalue weighted by Crippen LogP contribution is 2.21. The molecule has 1 aliphatic heterocycles. The predicted molar refractivity (Wildman–Crippen MR) is 89.3 cm³/mol. The van der Waals surface area contributed by atoms with Gasteiger partial charge in [0.05, 0.1) is 12.2 Å². The van der Waals surface area contributed by atoms with Crippen molar-refractivity contribution in [2.75, 3.05) is 29.9 Å². The molecule has 3 heterocycles. The first-order valence-electron chi connectivity index (χ1n) is 7.86. The lowest BCUT2D eigenvalue weighted by atomic mass is 10.2. The van der Waals surface area contributed by atoms with E-state index in [9.17, 15) is 0 Å². The quantitative estimate of drug-likeness (QED) is 0.868. The average molecular weight is 297 g/mol. The van der Waals surface area contributed by atoms with Gasteiger partial charge in [-0.2, -0.15) is 4.98 Å². The van der Waals surface area contributed by atoms with Gasteiger partial charge in [0.1, 0.15) is 5.82 Å². The molecule has 2 aromatic rings. The zero-order valence-electron chi connectivity index (χ0n) is 13.6. The van der Waals surface area contributed by atoms with Gasteiger partial charge < -0.3 is 9.80 Å². The predicted octanol–water partition coefficient (Wildman–Crippen LogP) is 2.73. The van der Waals surface area contributed by atoms with E-state index in [1.165, 1.54) is 18.4 Å². The third kappa shape index (κ3) is 3.18. The van der Waals surface area contributed by atoms with Crippen molar-refractivity contribution in [3.63, 3.8) is 0 Å². The first kappa shape index (κ1) is 14.8. The Balaban J connectivity index is 1.82. The summed E-state index contributed by atoms with van der Waals surface area (Å²) >= 11 is 0. The molecule has 0 atom stereocenters. The van der Waals surface area contributed by atoms with E-state index in [0.717, 1.165) is 42.8 Å². The number of anilines is 2. The lowest BCUT2D eigenvalue weighted by Crippen LogP contribution is -2.24. The number of rotatable bonds is 4. The Morgan fingerprint density at radius 2 is 1.95 bits per heavy atom. The summed E-state index contributed by atoms with van der Waals surface area (Å²) in [5.41, 5.74) is 3.31. The topological polar surface area (TPSA) is 45.2 Å². The molecule has 2 aromatic heterocycles.